The normalized spacial score (nSPS) is 21.4. The van der Waals surface area contributed by atoms with Crippen LogP contribution in [0.25, 0.3) is 11.0 Å². The average molecular weight is 538 g/mol. The van der Waals surface area contributed by atoms with Crippen LogP contribution in [0.5, 0.6) is 0 Å². The summed E-state index contributed by atoms with van der Waals surface area (Å²) in [6.45, 7) is 3.65. The molecule has 0 saturated carbocycles. The maximum atomic E-state index is 13.9. The fraction of sp³-hybridized carbons (Fsp3) is 0.375. The number of hydrogen-bond donors (Lipinski definition) is 1. The van der Waals surface area contributed by atoms with Gasteiger partial charge < -0.3 is 10.0 Å². The van der Waals surface area contributed by atoms with Crippen molar-refractivity contribution in [2.45, 2.75) is 43.9 Å². The molecule has 1 amide bonds. The molecule has 2 aromatic heterocycles. The Bertz CT molecular complexity index is 1520. The van der Waals surface area contributed by atoms with Crippen LogP contribution in [0, 0.1) is 5.92 Å². The highest BCUT2D eigenvalue weighted by Gasteiger charge is 2.40. The largest absolute Gasteiger partial charge is 0.388 e. The lowest BCUT2D eigenvalue weighted by molar-refractivity contribution is -0.142. The first kappa shape index (κ1) is 26.3. The Labute approximate surface area is 233 Å². The van der Waals surface area contributed by atoms with Crippen molar-refractivity contribution in [2.75, 3.05) is 26.2 Å². The number of fused-ring (bicyclic) bond motifs is 1. The van der Waals surface area contributed by atoms with E-state index in [0.29, 0.717) is 37.0 Å². The molecule has 0 spiro atoms. The zero-order valence-electron chi connectivity index (χ0n) is 22.6. The number of nitrogens with zero attached hydrogens (tertiary/aromatic N) is 5. The molecule has 40 heavy (non-hydrogen) atoms. The predicted molar refractivity (Wildman–Crippen MR) is 154 cm³/mol. The first-order chi connectivity index (χ1) is 19.5. The molecule has 206 valence electrons. The van der Waals surface area contributed by atoms with Gasteiger partial charge in [0, 0.05) is 44.2 Å². The van der Waals surface area contributed by atoms with E-state index in [1.165, 1.54) is 22.0 Å². The highest BCUT2D eigenvalue weighted by atomic mass is 16.3. The van der Waals surface area contributed by atoms with E-state index < -0.39 is 5.60 Å². The Morgan fingerprint density at radius 2 is 1.65 bits per heavy atom. The molecule has 0 bridgehead atoms. The molecule has 1 N–H and O–H groups in total. The van der Waals surface area contributed by atoms with Crippen LogP contribution < -0.4 is 5.56 Å². The smallest absolute Gasteiger partial charge is 0.279 e. The van der Waals surface area contributed by atoms with Gasteiger partial charge in [0.25, 0.3) is 5.56 Å². The molecule has 6 rings (SSSR count). The van der Waals surface area contributed by atoms with E-state index >= 15 is 0 Å². The Balaban J connectivity index is 1.13. The molecular formula is C32H35N5O3. The molecule has 2 aliphatic heterocycles. The summed E-state index contributed by atoms with van der Waals surface area (Å²) in [5.74, 6) is 0.185. The monoisotopic (exact) mass is 537 g/mol. The van der Waals surface area contributed by atoms with E-state index in [1.807, 2.05) is 29.2 Å². The third-order valence-corrected chi connectivity index (χ3v) is 8.55. The Hall–Kier alpha value is -3.88. The summed E-state index contributed by atoms with van der Waals surface area (Å²) in [5.41, 5.74) is 1.98. The molecule has 0 aliphatic carbocycles. The standard InChI is InChI=1S/C32H35N5O3/c38-30(26-13-17-35(20-24-8-3-1-4-9-24)21-27(26)25-10-5-2-6-11-25)36-18-14-32(40,15-19-36)22-37-23-34-28-12-7-16-33-29(28)31(37)39/h1-12,16,23,26-27,40H,13-15,17-22H2/t26-,27+/m1/s1. The lowest BCUT2D eigenvalue weighted by Crippen LogP contribution is -2.53. The molecule has 2 aliphatic rings. The van der Waals surface area contributed by atoms with Gasteiger partial charge in [-0.1, -0.05) is 60.7 Å². The van der Waals surface area contributed by atoms with Gasteiger partial charge in [0.1, 0.15) is 0 Å². The summed E-state index contributed by atoms with van der Waals surface area (Å²) in [4.78, 5) is 39.7. The van der Waals surface area contributed by atoms with Gasteiger partial charge >= 0.3 is 0 Å². The molecule has 0 radical (unpaired) electrons. The number of carbonyl (C=O) groups excluding carboxylic acids is 1. The van der Waals surface area contributed by atoms with E-state index in [1.54, 1.807) is 18.3 Å². The second-order valence-corrected chi connectivity index (χ2v) is 11.2. The molecule has 0 unspecified atom stereocenters. The van der Waals surface area contributed by atoms with Gasteiger partial charge in [0.05, 0.1) is 24.0 Å². The fourth-order valence-electron chi connectivity index (χ4n) is 6.29. The second-order valence-electron chi connectivity index (χ2n) is 11.2. The Morgan fingerprint density at radius 1 is 0.925 bits per heavy atom. The predicted octanol–water partition coefficient (Wildman–Crippen LogP) is 3.45. The number of pyridine rings is 1. The van der Waals surface area contributed by atoms with E-state index in [4.69, 9.17) is 0 Å². The SMILES string of the molecule is O=C([C@@H]1CCN(Cc2ccccc2)C[C@H]1c1ccccc1)N1CCC(O)(Cn2cnc3cccnc3c2=O)CC1. The maximum Gasteiger partial charge on any atom is 0.279 e. The van der Waals surface area contributed by atoms with Gasteiger partial charge in [-0.05, 0) is 49.1 Å². The molecular weight excluding hydrogens is 502 g/mol. The number of amides is 1. The number of benzene rings is 2. The third kappa shape index (κ3) is 5.55. The summed E-state index contributed by atoms with van der Waals surface area (Å²) < 4.78 is 1.45. The van der Waals surface area contributed by atoms with Crippen LogP contribution in [0.3, 0.4) is 0 Å². The third-order valence-electron chi connectivity index (χ3n) is 8.55. The molecule has 2 aromatic carbocycles. The van der Waals surface area contributed by atoms with E-state index in [0.717, 1.165) is 26.1 Å². The van der Waals surface area contributed by atoms with Crippen LogP contribution in [-0.4, -0.2) is 67.1 Å². The minimum atomic E-state index is -1.08. The molecule has 8 heteroatoms. The minimum absolute atomic E-state index is 0.0982. The number of likely N-dealkylation sites (tertiary alicyclic amines) is 2. The highest BCUT2D eigenvalue weighted by molar-refractivity contribution is 5.80. The summed E-state index contributed by atoms with van der Waals surface area (Å²) in [6, 6.07) is 24.4. The van der Waals surface area contributed by atoms with Crippen molar-refractivity contribution >= 4 is 16.9 Å². The number of carbonyl (C=O) groups is 1. The van der Waals surface area contributed by atoms with Crippen molar-refractivity contribution in [3.63, 3.8) is 0 Å². The zero-order chi connectivity index (χ0) is 27.5. The lowest BCUT2D eigenvalue weighted by Gasteiger charge is -2.43. The number of hydrogen-bond acceptors (Lipinski definition) is 6. The van der Waals surface area contributed by atoms with Gasteiger partial charge in [-0.25, -0.2) is 9.97 Å². The molecule has 4 heterocycles. The first-order valence-corrected chi connectivity index (χ1v) is 14.1. The van der Waals surface area contributed by atoms with Crippen LogP contribution in [0.1, 0.15) is 36.3 Å². The average Bonchev–Trinajstić information content (AvgIpc) is 3.00. The van der Waals surface area contributed by atoms with Crippen molar-refractivity contribution in [2.24, 2.45) is 5.92 Å². The van der Waals surface area contributed by atoms with Gasteiger partial charge in [0.15, 0.2) is 5.52 Å². The van der Waals surface area contributed by atoms with E-state index in [9.17, 15) is 14.7 Å². The van der Waals surface area contributed by atoms with Crippen molar-refractivity contribution in [1.82, 2.24) is 24.3 Å². The van der Waals surface area contributed by atoms with Crippen LogP contribution >= 0.6 is 0 Å². The van der Waals surface area contributed by atoms with E-state index in [2.05, 4.69) is 51.3 Å². The van der Waals surface area contributed by atoms with Crippen molar-refractivity contribution in [3.05, 3.63) is 107 Å². The van der Waals surface area contributed by atoms with Crippen LogP contribution in [0.2, 0.25) is 0 Å². The number of aromatic nitrogens is 3. The molecule has 2 fully saturated rings. The minimum Gasteiger partial charge on any atom is -0.388 e. The topological polar surface area (TPSA) is 91.6 Å². The fourth-order valence-corrected chi connectivity index (χ4v) is 6.29. The van der Waals surface area contributed by atoms with E-state index in [-0.39, 0.29) is 29.8 Å². The van der Waals surface area contributed by atoms with Gasteiger partial charge in [0.2, 0.25) is 5.91 Å². The maximum absolute atomic E-state index is 13.9. The summed E-state index contributed by atoms with van der Waals surface area (Å²) in [5, 5.41) is 11.4. The first-order valence-electron chi connectivity index (χ1n) is 14.1. The summed E-state index contributed by atoms with van der Waals surface area (Å²) in [6.07, 6.45) is 4.68. The summed E-state index contributed by atoms with van der Waals surface area (Å²) >= 11 is 0. The Kier molecular flexibility index (Phi) is 7.45. The molecule has 2 atom stereocenters. The van der Waals surface area contributed by atoms with Crippen molar-refractivity contribution in [1.29, 1.82) is 0 Å². The van der Waals surface area contributed by atoms with Crippen molar-refractivity contribution in [3.8, 4) is 0 Å². The van der Waals surface area contributed by atoms with Crippen LogP contribution in [0.15, 0.2) is 90.1 Å². The van der Waals surface area contributed by atoms with Gasteiger partial charge in [-0.2, -0.15) is 0 Å². The second kappa shape index (κ2) is 11.3. The number of aliphatic hydroxyl groups is 1. The highest BCUT2D eigenvalue weighted by Crippen LogP contribution is 2.36. The lowest BCUT2D eigenvalue weighted by atomic mass is 9.79. The zero-order valence-corrected chi connectivity index (χ0v) is 22.6. The van der Waals surface area contributed by atoms with Gasteiger partial charge in [-0.3, -0.25) is 19.1 Å². The molecule has 4 aromatic rings. The number of piperidine rings is 2. The van der Waals surface area contributed by atoms with Crippen LogP contribution in [-0.2, 0) is 17.9 Å². The van der Waals surface area contributed by atoms with Gasteiger partial charge in [-0.15, -0.1) is 0 Å². The molecule has 8 nitrogen and oxygen atoms in total. The van der Waals surface area contributed by atoms with Crippen LogP contribution in [0.4, 0.5) is 0 Å². The van der Waals surface area contributed by atoms with Crippen molar-refractivity contribution < 1.29 is 9.90 Å². The number of rotatable bonds is 6. The molecule has 2 saturated heterocycles. The summed E-state index contributed by atoms with van der Waals surface area (Å²) in [7, 11) is 0. The Morgan fingerprint density at radius 3 is 2.40 bits per heavy atom. The quantitative estimate of drug-likeness (QED) is 0.405.